The Hall–Kier alpha value is -12.7. The average Bonchev–Trinajstić information content (AvgIpc) is 0.767. The van der Waals surface area contributed by atoms with Crippen molar-refractivity contribution in [3.8, 4) is 0 Å². The molecule has 0 fully saturated rings. The lowest BCUT2D eigenvalue weighted by atomic mass is 9.92. The quantitative estimate of drug-likeness (QED) is 0.0320. The molecule has 0 N–H and O–H groups in total. The van der Waals surface area contributed by atoms with E-state index < -0.39 is 0 Å². The van der Waals surface area contributed by atoms with Gasteiger partial charge < -0.3 is 47.4 Å². The third-order valence-electron chi connectivity index (χ3n) is 16.8. The number of hydrogen-bond acceptors (Lipinski definition) is 10. The van der Waals surface area contributed by atoms with Crippen molar-refractivity contribution in [2.45, 2.75) is 66.1 Å². The second kappa shape index (κ2) is 39.1. The van der Waals surface area contributed by atoms with Gasteiger partial charge in [0.05, 0.1) is 62.6 Å². The lowest BCUT2D eigenvalue weighted by molar-refractivity contribution is 0.237. The normalized spacial score (nSPS) is 10.4. The Bertz CT molecular complexity index is 4710. The molecule has 0 aliphatic heterocycles. The molecule has 0 amide bonds. The Morgan fingerprint density at radius 2 is 0.412 bits per heavy atom. The van der Waals surface area contributed by atoms with Gasteiger partial charge in [-0.3, -0.25) is 0 Å². The summed E-state index contributed by atoms with van der Waals surface area (Å²) < 4.78 is 53.0. The van der Waals surface area contributed by atoms with Gasteiger partial charge in [-0.25, -0.2) is 0 Å². The van der Waals surface area contributed by atoms with Crippen molar-refractivity contribution in [2.75, 3.05) is 0 Å². The topological polar surface area (TPSA) is 92.3 Å². The van der Waals surface area contributed by atoms with Crippen LogP contribution < -0.4 is 0 Å². The van der Waals surface area contributed by atoms with Crippen LogP contribution in [0, 0.1) is 0 Å². The molecular weight excluding hydrogens is 1270 g/mol. The summed E-state index contributed by atoms with van der Waals surface area (Å²) in [5.41, 5.74) is 11.5. The van der Waals surface area contributed by atoms with Gasteiger partial charge in [-0.2, -0.15) is 0 Å². The summed E-state index contributed by atoms with van der Waals surface area (Å²) in [6.45, 7) is 41.2. The van der Waals surface area contributed by atoms with E-state index in [0.717, 1.165) is 44.5 Å². The zero-order valence-corrected chi connectivity index (χ0v) is 57.8. The smallest absolute Gasteiger partial charge is 0.114 e. The van der Waals surface area contributed by atoms with E-state index in [1.54, 1.807) is 0 Å². The van der Waals surface area contributed by atoms with Crippen molar-refractivity contribution < 1.29 is 47.4 Å². The van der Waals surface area contributed by atoms with Gasteiger partial charge in [0.1, 0.15) is 66.1 Å². The molecule has 0 aromatic heterocycles. The highest BCUT2D eigenvalue weighted by Gasteiger charge is 2.15. The SMILES string of the molecule is C=COCc1c2ccccc2c(COC=C)c2ccccc12.C=COCc1ccc2cc(COC=C)ccc2c1.C=COCc1ccc2cc3cc(COC=C)ccc3cc2c1.C=COCc1cccc2c(COC=C)cccc12.C=COCc1cccc2cc3c(COC=C)cccc3cc12. The maximum atomic E-state index is 5.47. The Morgan fingerprint density at radius 3 is 0.706 bits per heavy atom. The Labute approximate surface area is 598 Å². The summed E-state index contributed by atoms with van der Waals surface area (Å²) in [5, 5.41) is 19.2. The van der Waals surface area contributed by atoms with Gasteiger partial charge in [-0.05, 0) is 179 Å². The van der Waals surface area contributed by atoms with Crippen LogP contribution in [-0.4, -0.2) is 0 Å². The van der Waals surface area contributed by atoms with E-state index in [-0.39, 0.29) is 0 Å². The molecule has 0 spiro atoms. The molecule has 0 radical (unpaired) electrons. The van der Waals surface area contributed by atoms with Crippen LogP contribution in [-0.2, 0) is 113 Å². The van der Waals surface area contributed by atoms with Crippen LogP contribution in [0.25, 0.3) is 86.2 Å². The predicted octanol–water partition coefficient (Wildman–Crippen LogP) is 24.3. The highest BCUT2D eigenvalue weighted by atomic mass is 16.5. The van der Waals surface area contributed by atoms with E-state index in [1.807, 2.05) is 36.4 Å². The third kappa shape index (κ3) is 19.8. The fraction of sp³-hybridized carbons (Fsp3) is 0.109. The molecule has 10 nitrogen and oxygen atoms in total. The fourth-order valence-corrected chi connectivity index (χ4v) is 12.0. The second-order valence-corrected chi connectivity index (χ2v) is 23.1. The average molecular weight is 1350 g/mol. The van der Waals surface area contributed by atoms with Crippen LogP contribution in [0.3, 0.4) is 0 Å². The first-order valence-corrected chi connectivity index (χ1v) is 33.3. The lowest BCUT2D eigenvalue weighted by Gasteiger charge is -2.16. The minimum atomic E-state index is 0.507. The van der Waals surface area contributed by atoms with Gasteiger partial charge in [0, 0.05) is 11.1 Å². The number of rotatable bonds is 30. The van der Waals surface area contributed by atoms with Gasteiger partial charge in [-0.15, -0.1) is 0 Å². The Morgan fingerprint density at radius 1 is 0.176 bits per heavy atom. The summed E-state index contributed by atoms with van der Waals surface area (Å²) in [5.74, 6) is 0. The summed E-state index contributed by atoms with van der Waals surface area (Å²) >= 11 is 0. The molecule has 0 aliphatic rings. The molecule has 13 rings (SSSR count). The van der Waals surface area contributed by atoms with Gasteiger partial charge in [0.25, 0.3) is 0 Å². The van der Waals surface area contributed by atoms with E-state index in [9.17, 15) is 0 Å². The van der Waals surface area contributed by atoms with Crippen LogP contribution >= 0.6 is 0 Å². The largest absolute Gasteiger partial charge is 0.497 e. The monoisotopic (exact) mass is 1350 g/mol. The maximum Gasteiger partial charge on any atom is 0.114 e. The molecular formula is C92H86O10. The molecule has 0 unspecified atom stereocenters. The van der Waals surface area contributed by atoms with E-state index in [2.05, 4.69) is 248 Å². The van der Waals surface area contributed by atoms with Crippen molar-refractivity contribution in [1.29, 1.82) is 0 Å². The molecule has 514 valence electrons. The summed E-state index contributed by atoms with van der Waals surface area (Å²) in [7, 11) is 0. The van der Waals surface area contributed by atoms with Crippen molar-refractivity contribution in [2.24, 2.45) is 0 Å². The van der Waals surface area contributed by atoms with Crippen LogP contribution in [0.15, 0.2) is 347 Å². The van der Waals surface area contributed by atoms with E-state index in [0.29, 0.717) is 66.1 Å². The van der Waals surface area contributed by atoms with Gasteiger partial charge >= 0.3 is 0 Å². The Balaban J connectivity index is 0.000000149. The Kier molecular flexibility index (Phi) is 28.2. The molecule has 0 bridgehead atoms. The van der Waals surface area contributed by atoms with Gasteiger partial charge in [0.2, 0.25) is 0 Å². The van der Waals surface area contributed by atoms with Crippen LogP contribution in [0.1, 0.15) is 55.6 Å². The highest BCUT2D eigenvalue weighted by Crippen LogP contribution is 2.35. The first kappa shape index (κ1) is 73.6. The van der Waals surface area contributed by atoms with E-state index in [4.69, 9.17) is 47.4 Å². The van der Waals surface area contributed by atoms with Crippen LogP contribution in [0.5, 0.6) is 0 Å². The van der Waals surface area contributed by atoms with Gasteiger partial charge in [-0.1, -0.05) is 236 Å². The fourth-order valence-electron chi connectivity index (χ4n) is 12.0. The summed E-state index contributed by atoms with van der Waals surface area (Å²) in [4.78, 5) is 0. The number of ether oxygens (including phenoxy) is 10. The van der Waals surface area contributed by atoms with E-state index >= 15 is 0 Å². The summed E-state index contributed by atoms with van der Waals surface area (Å²) in [6, 6.07) is 75.7. The third-order valence-corrected chi connectivity index (χ3v) is 16.8. The summed E-state index contributed by atoms with van der Waals surface area (Å²) in [6.07, 6.45) is 14.7. The second-order valence-electron chi connectivity index (χ2n) is 23.1. The first-order valence-electron chi connectivity index (χ1n) is 33.3. The molecule has 0 saturated heterocycles. The molecule has 102 heavy (non-hydrogen) atoms. The molecule has 10 heteroatoms. The van der Waals surface area contributed by atoms with Crippen molar-refractivity contribution in [1.82, 2.24) is 0 Å². The molecule has 0 atom stereocenters. The minimum Gasteiger partial charge on any atom is -0.497 e. The van der Waals surface area contributed by atoms with Crippen LogP contribution in [0.2, 0.25) is 0 Å². The van der Waals surface area contributed by atoms with Crippen molar-refractivity contribution in [3.05, 3.63) is 402 Å². The van der Waals surface area contributed by atoms with E-state index in [1.165, 1.54) is 160 Å². The lowest BCUT2D eigenvalue weighted by Crippen LogP contribution is -1.97. The van der Waals surface area contributed by atoms with Gasteiger partial charge in [0.15, 0.2) is 0 Å². The molecule has 0 heterocycles. The minimum absolute atomic E-state index is 0.507. The van der Waals surface area contributed by atoms with Crippen molar-refractivity contribution >= 4 is 86.2 Å². The first-order chi connectivity index (χ1) is 50.2. The predicted molar refractivity (Wildman–Crippen MR) is 422 cm³/mol. The zero-order chi connectivity index (χ0) is 71.7. The molecule has 13 aromatic carbocycles. The van der Waals surface area contributed by atoms with Crippen molar-refractivity contribution in [3.63, 3.8) is 0 Å². The molecule has 0 aliphatic carbocycles. The molecule has 0 saturated carbocycles. The number of benzene rings is 13. The molecule has 13 aromatic rings. The number of fused-ring (bicyclic) bond motifs is 8. The highest BCUT2D eigenvalue weighted by molar-refractivity contribution is 6.06. The maximum absolute atomic E-state index is 5.47. The number of hydrogen-bond donors (Lipinski definition) is 0. The van der Waals surface area contributed by atoms with Crippen LogP contribution in [0.4, 0.5) is 0 Å². The zero-order valence-electron chi connectivity index (χ0n) is 57.8. The standard InChI is InChI=1S/3C20H18O2.2C16H16O2/c1-3-21-13-15-5-7-17-12-20-10-16(14-22-4-2)6-8-18(20)11-19(17)9-15;1-3-21-13-17-9-5-7-15-12-20-16(11-19(15)17)8-6-10-18(20)14-22-4-2;1-3-21-13-19-15-9-5-7-11-17(15)20(14-22-4-2)18-12-8-6-10-16(18)19;1-3-17-11-13-5-7-16-10-14(12-18-4-2)6-8-15(16)9-13;1-3-17-11-13-7-5-10-16-14(12-18-4-2)8-6-9-15(13)16/h3*3-12H,1-2,13-14H2;2*3-10H,1-2,11-12H2.